The van der Waals surface area contributed by atoms with E-state index in [0.29, 0.717) is 16.7 Å². The van der Waals surface area contributed by atoms with Crippen molar-refractivity contribution in [1.82, 2.24) is 4.31 Å². The fourth-order valence-electron chi connectivity index (χ4n) is 5.65. The summed E-state index contributed by atoms with van der Waals surface area (Å²) in [5, 5.41) is 22.0. The van der Waals surface area contributed by atoms with Gasteiger partial charge in [-0.2, -0.15) is 4.31 Å². The monoisotopic (exact) mass is 609 g/mol. The van der Waals surface area contributed by atoms with E-state index in [-0.39, 0.29) is 23.3 Å². The summed E-state index contributed by atoms with van der Waals surface area (Å²) in [6, 6.07) is 21.2. The Morgan fingerprint density at radius 3 is 1.72 bits per heavy atom. The Labute approximate surface area is 257 Å². The van der Waals surface area contributed by atoms with Crippen LogP contribution in [0, 0.1) is 38.5 Å². The molecule has 0 amide bonds. The van der Waals surface area contributed by atoms with Gasteiger partial charge < -0.3 is 14.9 Å². The Balaban J connectivity index is 2.17. The zero-order chi connectivity index (χ0) is 32.1. The molecule has 3 aromatic carbocycles. The molecular formula is C35H47NO6S. The molecule has 0 radical (unpaired) electrons. The van der Waals surface area contributed by atoms with E-state index in [1.807, 2.05) is 55.5 Å². The molecule has 0 bridgehead atoms. The lowest BCUT2D eigenvalue weighted by atomic mass is 9.84. The Hall–Kier alpha value is -3.04. The molecule has 0 fully saturated rings. The van der Waals surface area contributed by atoms with Crippen molar-refractivity contribution in [3.05, 3.63) is 101 Å². The summed E-state index contributed by atoms with van der Waals surface area (Å²) >= 11 is 0. The molecule has 3 aromatic rings. The lowest BCUT2D eigenvalue weighted by molar-refractivity contribution is -0.170. The van der Waals surface area contributed by atoms with Gasteiger partial charge in [-0.05, 0) is 61.8 Å². The van der Waals surface area contributed by atoms with E-state index in [0.717, 1.165) is 11.1 Å². The summed E-state index contributed by atoms with van der Waals surface area (Å²) in [6.45, 7) is 14.4. The van der Waals surface area contributed by atoms with Crippen LogP contribution in [0.3, 0.4) is 0 Å². The van der Waals surface area contributed by atoms with E-state index in [1.165, 1.54) is 4.31 Å². The second kappa shape index (κ2) is 14.6. The molecule has 8 heteroatoms. The Kier molecular flexibility index (Phi) is 11.7. The van der Waals surface area contributed by atoms with E-state index >= 15 is 0 Å². The van der Waals surface area contributed by atoms with E-state index in [9.17, 15) is 23.4 Å². The summed E-state index contributed by atoms with van der Waals surface area (Å²) in [5.74, 6) is -2.62. The standard InChI is InChI=1S/C35H47NO6S/c1-22(2)31(37)30(32(38)23(3)4)35(39)42-33(29-17-13-10-14-18-29)27(8)36(21-28-15-11-9-12-16-28)43(40,41)34-25(6)19-24(5)20-26(34)7/h9-20,22-23,27,30-33,37-38H,21H2,1-8H3/t27-,31+,32+,33-/m0/s1. The number of aliphatic hydroxyl groups excluding tert-OH is 2. The minimum atomic E-state index is -4.10. The number of carbonyl (C=O) groups is 1. The molecular weight excluding hydrogens is 562 g/mol. The lowest BCUT2D eigenvalue weighted by Crippen LogP contribution is -2.47. The van der Waals surface area contributed by atoms with Crippen molar-refractivity contribution in [3.8, 4) is 0 Å². The van der Waals surface area contributed by atoms with Crippen molar-refractivity contribution in [2.45, 2.75) is 91.2 Å². The second-order valence-corrected chi connectivity index (χ2v) is 14.1. The van der Waals surface area contributed by atoms with Crippen LogP contribution in [0.2, 0.25) is 0 Å². The number of esters is 1. The number of benzene rings is 3. The fourth-order valence-corrected chi connectivity index (χ4v) is 7.69. The molecule has 4 atom stereocenters. The largest absolute Gasteiger partial charge is 0.455 e. The number of hydrogen-bond donors (Lipinski definition) is 2. The first kappa shape index (κ1) is 34.5. The van der Waals surface area contributed by atoms with Gasteiger partial charge in [0.05, 0.1) is 23.1 Å². The third kappa shape index (κ3) is 8.12. The lowest BCUT2D eigenvalue weighted by Gasteiger charge is -2.37. The Morgan fingerprint density at radius 1 is 0.791 bits per heavy atom. The molecule has 0 aliphatic rings. The average Bonchev–Trinajstić information content (AvgIpc) is 2.94. The molecule has 0 unspecified atom stereocenters. The van der Waals surface area contributed by atoms with Gasteiger partial charge in [0.15, 0.2) is 0 Å². The number of carbonyl (C=O) groups excluding carboxylic acids is 1. The summed E-state index contributed by atoms with van der Waals surface area (Å²) in [7, 11) is -4.10. The van der Waals surface area contributed by atoms with Gasteiger partial charge in [0.1, 0.15) is 12.0 Å². The minimum Gasteiger partial charge on any atom is -0.455 e. The first-order chi connectivity index (χ1) is 20.2. The van der Waals surface area contributed by atoms with Gasteiger partial charge in [0.25, 0.3) is 0 Å². The van der Waals surface area contributed by atoms with Crippen molar-refractivity contribution in [2.75, 3.05) is 0 Å². The highest BCUT2D eigenvalue weighted by Gasteiger charge is 2.42. The summed E-state index contributed by atoms with van der Waals surface area (Å²) < 4.78 is 36.7. The Bertz CT molecular complexity index is 1420. The molecule has 7 nitrogen and oxygen atoms in total. The van der Waals surface area contributed by atoms with Crippen molar-refractivity contribution in [3.63, 3.8) is 0 Å². The molecule has 0 saturated heterocycles. The molecule has 3 rings (SSSR count). The number of rotatable bonds is 13. The van der Waals surface area contributed by atoms with E-state index < -0.39 is 46.3 Å². The van der Waals surface area contributed by atoms with Gasteiger partial charge in [-0.15, -0.1) is 0 Å². The minimum absolute atomic E-state index is 0.0463. The number of ether oxygens (including phenoxy) is 1. The number of hydrogen-bond acceptors (Lipinski definition) is 6. The van der Waals surface area contributed by atoms with Gasteiger partial charge in [0, 0.05) is 6.54 Å². The molecule has 0 aliphatic carbocycles. The highest BCUT2D eigenvalue weighted by Crippen LogP contribution is 2.35. The summed E-state index contributed by atoms with van der Waals surface area (Å²) in [4.78, 5) is 14.1. The third-order valence-corrected chi connectivity index (χ3v) is 10.2. The molecule has 2 N–H and O–H groups in total. The zero-order valence-electron chi connectivity index (χ0n) is 26.6. The quantitative estimate of drug-likeness (QED) is 0.226. The topological polar surface area (TPSA) is 104 Å². The Morgan fingerprint density at radius 2 is 1.26 bits per heavy atom. The first-order valence-corrected chi connectivity index (χ1v) is 16.4. The smallest absolute Gasteiger partial charge is 0.314 e. The number of aryl methyl sites for hydroxylation is 3. The zero-order valence-corrected chi connectivity index (χ0v) is 27.4. The van der Waals surface area contributed by atoms with Crippen LogP contribution < -0.4 is 0 Å². The van der Waals surface area contributed by atoms with Crippen LogP contribution in [0.1, 0.15) is 68.5 Å². The van der Waals surface area contributed by atoms with Crippen LogP contribution in [0.4, 0.5) is 0 Å². The highest BCUT2D eigenvalue weighted by atomic mass is 32.2. The van der Waals surface area contributed by atoms with Crippen LogP contribution in [-0.2, 0) is 26.1 Å². The van der Waals surface area contributed by atoms with Gasteiger partial charge in [0.2, 0.25) is 10.0 Å². The van der Waals surface area contributed by atoms with Crippen LogP contribution in [0.5, 0.6) is 0 Å². The van der Waals surface area contributed by atoms with Gasteiger partial charge in [-0.3, -0.25) is 4.79 Å². The van der Waals surface area contributed by atoms with E-state index in [1.54, 1.807) is 72.7 Å². The maximum Gasteiger partial charge on any atom is 0.314 e. The van der Waals surface area contributed by atoms with Crippen LogP contribution in [-0.4, -0.2) is 47.2 Å². The van der Waals surface area contributed by atoms with E-state index in [4.69, 9.17) is 4.74 Å². The molecule has 0 aromatic heterocycles. The maximum absolute atomic E-state index is 14.6. The van der Waals surface area contributed by atoms with Gasteiger partial charge >= 0.3 is 5.97 Å². The van der Waals surface area contributed by atoms with Crippen LogP contribution in [0.15, 0.2) is 77.7 Å². The highest BCUT2D eigenvalue weighted by molar-refractivity contribution is 7.89. The molecule has 43 heavy (non-hydrogen) atoms. The normalized spacial score (nSPS) is 15.1. The van der Waals surface area contributed by atoms with E-state index in [2.05, 4.69) is 0 Å². The second-order valence-electron chi connectivity index (χ2n) is 12.3. The predicted molar refractivity (Wildman–Crippen MR) is 170 cm³/mol. The van der Waals surface area contributed by atoms with Crippen molar-refractivity contribution in [2.24, 2.45) is 17.8 Å². The van der Waals surface area contributed by atoms with Crippen molar-refractivity contribution >= 4 is 16.0 Å². The molecule has 0 aliphatic heterocycles. The third-order valence-electron chi connectivity index (χ3n) is 7.99. The summed E-state index contributed by atoms with van der Waals surface area (Å²) in [5.41, 5.74) is 3.62. The molecule has 0 saturated carbocycles. The van der Waals surface area contributed by atoms with Gasteiger partial charge in [-0.25, -0.2) is 8.42 Å². The predicted octanol–water partition coefficient (Wildman–Crippen LogP) is 6.13. The van der Waals surface area contributed by atoms with Crippen molar-refractivity contribution in [1.29, 1.82) is 0 Å². The van der Waals surface area contributed by atoms with Crippen molar-refractivity contribution < 1.29 is 28.2 Å². The first-order valence-electron chi connectivity index (χ1n) is 14.9. The average molecular weight is 610 g/mol. The number of sulfonamides is 1. The summed E-state index contributed by atoms with van der Waals surface area (Å²) in [6.07, 6.45) is -3.34. The molecule has 234 valence electrons. The number of nitrogens with zero attached hydrogens (tertiary/aromatic N) is 1. The fraction of sp³-hybridized carbons (Fsp3) is 0.457. The maximum atomic E-state index is 14.6. The van der Waals surface area contributed by atoms with Crippen LogP contribution in [0.25, 0.3) is 0 Å². The molecule has 0 heterocycles. The van der Waals surface area contributed by atoms with Crippen LogP contribution >= 0.6 is 0 Å². The van der Waals surface area contributed by atoms with Gasteiger partial charge in [-0.1, -0.05) is 106 Å². The molecule has 0 spiro atoms. The SMILES string of the molecule is Cc1cc(C)c(S(=O)(=O)N(Cc2ccccc2)[C@@H](C)[C@H](OC(=O)C([C@H](O)C(C)C)[C@H](O)C(C)C)c2ccccc2)c(C)c1. The number of aliphatic hydroxyl groups is 2.